The minimum atomic E-state index is -0.575. The number of piperazine rings is 1. The predicted molar refractivity (Wildman–Crippen MR) is 98.0 cm³/mol. The van der Waals surface area contributed by atoms with E-state index >= 15 is 0 Å². The number of nitriles is 1. The third-order valence-electron chi connectivity index (χ3n) is 5.28. The van der Waals surface area contributed by atoms with Gasteiger partial charge in [0, 0.05) is 26.1 Å². The number of carbonyl (C=O) groups excluding carboxylic acids is 2. The van der Waals surface area contributed by atoms with Gasteiger partial charge in [0.25, 0.3) is 5.91 Å². The highest BCUT2D eigenvalue weighted by Crippen LogP contribution is 2.33. The highest BCUT2D eigenvalue weighted by atomic mass is 16.6. The van der Waals surface area contributed by atoms with Crippen molar-refractivity contribution in [3.8, 4) is 6.07 Å². The Labute approximate surface area is 157 Å². The molecule has 0 spiro atoms. The van der Waals surface area contributed by atoms with Crippen molar-refractivity contribution in [3.63, 3.8) is 0 Å². The lowest BCUT2D eigenvalue weighted by atomic mass is 9.87. The van der Waals surface area contributed by atoms with E-state index in [4.69, 9.17) is 4.74 Å². The number of hydrogen-bond donors (Lipinski definition) is 0. The van der Waals surface area contributed by atoms with Crippen LogP contribution < -0.4 is 0 Å². The van der Waals surface area contributed by atoms with Crippen LogP contribution in [-0.2, 0) is 11.2 Å². The Morgan fingerprint density at radius 3 is 2.63 bits per heavy atom. The van der Waals surface area contributed by atoms with Crippen LogP contribution in [0.4, 0.5) is 4.79 Å². The van der Waals surface area contributed by atoms with E-state index in [9.17, 15) is 14.9 Å². The topological polar surface area (TPSA) is 73.6 Å². The average molecular weight is 361 g/mol. The van der Waals surface area contributed by atoms with Gasteiger partial charge < -0.3 is 9.64 Å². The maximum Gasteiger partial charge on any atom is 0.410 e. The molecule has 0 bridgehead atoms. The van der Waals surface area contributed by atoms with Crippen molar-refractivity contribution in [1.29, 1.82) is 5.26 Å². The average Bonchev–Trinajstić information content (AvgIpc) is 3.03. The monoisotopic (exact) mass is 361 g/mol. The number of fused-ring (bicyclic) bond motifs is 1. The molecule has 2 aromatic carbocycles. The van der Waals surface area contributed by atoms with E-state index in [1.165, 1.54) is 0 Å². The molecule has 4 rings (SSSR count). The molecule has 2 aromatic rings. The first-order valence-corrected chi connectivity index (χ1v) is 8.90. The Balaban J connectivity index is 1.63. The first kappa shape index (κ1) is 17.1. The maximum atomic E-state index is 13.1. The molecule has 136 valence electrons. The molecule has 2 aliphatic heterocycles. The molecular formula is C21H19N3O3. The standard InChI is InChI=1S/C21H19N3O3/c22-13-17-8-4-5-9-18(17)19(25)23-10-11-24-20(26)27-15-21(24,14-23)12-16-6-2-1-3-7-16/h1-9H,10-12,14-15H2. The van der Waals surface area contributed by atoms with E-state index < -0.39 is 5.54 Å². The first-order valence-electron chi connectivity index (χ1n) is 8.90. The number of ether oxygens (including phenoxy) is 1. The van der Waals surface area contributed by atoms with Gasteiger partial charge in [-0.05, 0) is 17.7 Å². The first-order chi connectivity index (χ1) is 13.1. The fourth-order valence-corrected chi connectivity index (χ4v) is 3.95. The summed E-state index contributed by atoms with van der Waals surface area (Å²) >= 11 is 0. The van der Waals surface area contributed by atoms with Crippen LogP contribution >= 0.6 is 0 Å². The molecular weight excluding hydrogens is 342 g/mol. The van der Waals surface area contributed by atoms with Crippen LogP contribution in [0.3, 0.4) is 0 Å². The molecule has 2 amide bonds. The molecule has 0 radical (unpaired) electrons. The van der Waals surface area contributed by atoms with Crippen LogP contribution in [0.2, 0.25) is 0 Å². The molecule has 1 atom stereocenters. The lowest BCUT2D eigenvalue weighted by Gasteiger charge is -2.44. The summed E-state index contributed by atoms with van der Waals surface area (Å²) in [5.74, 6) is -0.182. The second-order valence-corrected chi connectivity index (χ2v) is 6.98. The summed E-state index contributed by atoms with van der Waals surface area (Å²) in [6.45, 7) is 1.48. The third kappa shape index (κ3) is 3.02. The van der Waals surface area contributed by atoms with Crippen molar-refractivity contribution in [2.45, 2.75) is 12.0 Å². The minimum Gasteiger partial charge on any atom is -0.447 e. The van der Waals surface area contributed by atoms with Crippen LogP contribution in [0.15, 0.2) is 54.6 Å². The molecule has 0 N–H and O–H groups in total. The number of hydrogen-bond acceptors (Lipinski definition) is 4. The molecule has 2 fully saturated rings. The molecule has 6 nitrogen and oxygen atoms in total. The summed E-state index contributed by atoms with van der Waals surface area (Å²) in [5, 5.41) is 9.30. The summed E-state index contributed by atoms with van der Waals surface area (Å²) < 4.78 is 5.35. The zero-order chi connectivity index (χ0) is 18.9. The lowest BCUT2D eigenvalue weighted by Crippen LogP contribution is -2.63. The fourth-order valence-electron chi connectivity index (χ4n) is 3.95. The molecule has 2 saturated heterocycles. The van der Waals surface area contributed by atoms with Gasteiger partial charge in [-0.1, -0.05) is 42.5 Å². The van der Waals surface area contributed by atoms with Crippen LogP contribution in [0.5, 0.6) is 0 Å². The number of cyclic esters (lactones) is 1. The van der Waals surface area contributed by atoms with Gasteiger partial charge in [-0.15, -0.1) is 0 Å². The van der Waals surface area contributed by atoms with E-state index in [1.54, 1.807) is 34.1 Å². The van der Waals surface area contributed by atoms with Gasteiger partial charge in [0.1, 0.15) is 12.1 Å². The second kappa shape index (κ2) is 6.76. The maximum absolute atomic E-state index is 13.1. The zero-order valence-electron chi connectivity index (χ0n) is 14.8. The molecule has 2 aliphatic rings. The van der Waals surface area contributed by atoms with Crippen LogP contribution in [0.25, 0.3) is 0 Å². The summed E-state index contributed by atoms with van der Waals surface area (Å²) in [6.07, 6.45) is 0.291. The van der Waals surface area contributed by atoms with Gasteiger partial charge in [0.2, 0.25) is 0 Å². The number of amides is 2. The van der Waals surface area contributed by atoms with E-state index in [1.807, 2.05) is 30.3 Å². The van der Waals surface area contributed by atoms with Crippen molar-refractivity contribution in [2.75, 3.05) is 26.2 Å². The van der Waals surface area contributed by atoms with E-state index in [-0.39, 0.29) is 18.6 Å². The van der Waals surface area contributed by atoms with E-state index in [2.05, 4.69) is 6.07 Å². The summed E-state index contributed by atoms with van der Waals surface area (Å²) in [5.41, 5.74) is 1.27. The van der Waals surface area contributed by atoms with Crippen LogP contribution in [-0.4, -0.2) is 53.6 Å². The van der Waals surface area contributed by atoms with Crippen LogP contribution in [0, 0.1) is 11.3 Å². The van der Waals surface area contributed by atoms with Gasteiger partial charge in [-0.3, -0.25) is 9.69 Å². The van der Waals surface area contributed by atoms with Crippen molar-refractivity contribution in [1.82, 2.24) is 9.80 Å². The number of carbonyl (C=O) groups is 2. The molecule has 2 heterocycles. The van der Waals surface area contributed by atoms with Gasteiger partial charge in [0.05, 0.1) is 17.2 Å². The van der Waals surface area contributed by atoms with Crippen molar-refractivity contribution in [2.24, 2.45) is 0 Å². The fraction of sp³-hybridized carbons (Fsp3) is 0.286. The quantitative estimate of drug-likeness (QED) is 0.842. The molecule has 0 aromatic heterocycles. The lowest BCUT2D eigenvalue weighted by molar-refractivity contribution is 0.0375. The second-order valence-electron chi connectivity index (χ2n) is 6.98. The zero-order valence-corrected chi connectivity index (χ0v) is 14.8. The Bertz CT molecular complexity index is 922. The summed E-state index contributed by atoms with van der Waals surface area (Å²) in [4.78, 5) is 28.8. The van der Waals surface area contributed by atoms with Crippen molar-refractivity contribution >= 4 is 12.0 Å². The highest BCUT2D eigenvalue weighted by Gasteiger charge is 2.51. The Hall–Kier alpha value is -3.33. The molecule has 1 unspecified atom stereocenters. The van der Waals surface area contributed by atoms with Crippen molar-refractivity contribution < 1.29 is 14.3 Å². The number of rotatable bonds is 3. The van der Waals surface area contributed by atoms with Gasteiger partial charge in [0.15, 0.2) is 0 Å². The largest absolute Gasteiger partial charge is 0.447 e. The SMILES string of the molecule is N#Cc1ccccc1C(=O)N1CCN2C(=O)OCC2(Cc2ccccc2)C1. The summed E-state index contributed by atoms with van der Waals surface area (Å²) in [7, 11) is 0. The molecule has 0 saturated carbocycles. The Morgan fingerprint density at radius 1 is 1.11 bits per heavy atom. The number of nitrogens with zero attached hydrogens (tertiary/aromatic N) is 3. The normalized spacial score (nSPS) is 21.4. The molecule has 6 heteroatoms. The van der Waals surface area contributed by atoms with E-state index in [0.29, 0.717) is 37.2 Å². The van der Waals surface area contributed by atoms with Gasteiger partial charge in [-0.2, -0.15) is 5.26 Å². The van der Waals surface area contributed by atoms with Crippen LogP contribution in [0.1, 0.15) is 21.5 Å². The Kier molecular flexibility index (Phi) is 4.28. The summed E-state index contributed by atoms with van der Waals surface area (Å²) in [6, 6.07) is 18.8. The predicted octanol–water partition coefficient (Wildman–Crippen LogP) is 2.45. The number of benzene rings is 2. The molecule has 27 heavy (non-hydrogen) atoms. The smallest absolute Gasteiger partial charge is 0.410 e. The van der Waals surface area contributed by atoms with E-state index in [0.717, 1.165) is 5.56 Å². The van der Waals surface area contributed by atoms with Gasteiger partial charge in [-0.25, -0.2) is 4.79 Å². The minimum absolute atomic E-state index is 0.182. The highest BCUT2D eigenvalue weighted by molar-refractivity contribution is 5.97. The third-order valence-corrected chi connectivity index (χ3v) is 5.28. The molecule has 0 aliphatic carbocycles. The van der Waals surface area contributed by atoms with Gasteiger partial charge >= 0.3 is 6.09 Å². The van der Waals surface area contributed by atoms with Crippen molar-refractivity contribution in [3.05, 3.63) is 71.3 Å². The Morgan fingerprint density at radius 2 is 1.85 bits per heavy atom.